The van der Waals surface area contributed by atoms with E-state index < -0.39 is 0 Å². The summed E-state index contributed by atoms with van der Waals surface area (Å²) < 4.78 is 5.95. The molecule has 3 heterocycles. The number of nitrogens with zero attached hydrogens (tertiary/aromatic N) is 1. The molecule has 1 aromatic carbocycles. The molecule has 1 aromatic heterocycles. The van der Waals surface area contributed by atoms with Crippen molar-refractivity contribution in [2.45, 2.75) is 19.1 Å². The summed E-state index contributed by atoms with van der Waals surface area (Å²) in [6.07, 6.45) is 2.10. The molecule has 0 aliphatic carbocycles. The minimum Gasteiger partial charge on any atom is -0.474 e. The summed E-state index contributed by atoms with van der Waals surface area (Å²) in [5.41, 5.74) is 3.86. The number of para-hydroxylation sites is 1. The van der Waals surface area contributed by atoms with Crippen molar-refractivity contribution in [3.63, 3.8) is 0 Å². The van der Waals surface area contributed by atoms with Crippen LogP contribution >= 0.6 is 0 Å². The summed E-state index contributed by atoms with van der Waals surface area (Å²) in [7, 11) is 0. The Hall–Kier alpha value is -1.74. The second-order valence-corrected chi connectivity index (χ2v) is 5.11. The quantitative estimate of drug-likeness (QED) is 0.766. The lowest BCUT2D eigenvalue weighted by atomic mass is 10.0. The van der Waals surface area contributed by atoms with Gasteiger partial charge in [0.05, 0.1) is 11.5 Å². The van der Waals surface area contributed by atoms with Crippen molar-refractivity contribution >= 4 is 10.9 Å². The molecule has 3 nitrogen and oxygen atoms in total. The maximum atomic E-state index is 5.95. The summed E-state index contributed by atoms with van der Waals surface area (Å²) in [5, 5.41) is 1.34. The highest BCUT2D eigenvalue weighted by Gasteiger charge is 2.34. The Morgan fingerprint density at radius 2 is 2.06 bits per heavy atom. The van der Waals surface area contributed by atoms with Gasteiger partial charge in [-0.25, -0.2) is 0 Å². The first-order valence-electron chi connectivity index (χ1n) is 6.51. The lowest BCUT2D eigenvalue weighted by Gasteiger charge is -2.39. The van der Waals surface area contributed by atoms with Crippen LogP contribution in [0.4, 0.5) is 0 Å². The Labute approximate surface area is 106 Å². The van der Waals surface area contributed by atoms with E-state index >= 15 is 0 Å². The molecule has 0 saturated carbocycles. The maximum absolute atomic E-state index is 5.95. The number of aromatic nitrogens is 1. The first-order chi connectivity index (χ1) is 8.83. The van der Waals surface area contributed by atoms with Crippen LogP contribution in [0.5, 0.6) is 0 Å². The highest BCUT2D eigenvalue weighted by Crippen LogP contribution is 2.38. The molecule has 0 radical (unpaired) electrons. The van der Waals surface area contributed by atoms with Gasteiger partial charge in [0.1, 0.15) is 0 Å². The molecule has 1 saturated heterocycles. The number of hydrogen-bond acceptors (Lipinski definition) is 2. The van der Waals surface area contributed by atoms with Crippen molar-refractivity contribution in [1.29, 1.82) is 0 Å². The smallest absolute Gasteiger partial charge is 0.193 e. The van der Waals surface area contributed by atoms with Gasteiger partial charge in [-0.2, -0.15) is 0 Å². The van der Waals surface area contributed by atoms with Crippen molar-refractivity contribution in [1.82, 2.24) is 9.88 Å². The van der Waals surface area contributed by atoms with Gasteiger partial charge in [-0.3, -0.25) is 4.90 Å². The van der Waals surface area contributed by atoms with Gasteiger partial charge >= 0.3 is 0 Å². The Morgan fingerprint density at radius 3 is 3.00 bits per heavy atom. The van der Waals surface area contributed by atoms with Crippen LogP contribution < -0.4 is 0 Å². The normalized spacial score (nSPS) is 23.6. The Balaban J connectivity index is 1.88. The first-order valence-corrected chi connectivity index (χ1v) is 6.51. The number of aromatic amines is 1. The molecule has 0 amide bonds. The number of fused-ring (bicyclic) bond motifs is 5. The lowest BCUT2D eigenvalue weighted by Crippen LogP contribution is -2.40. The summed E-state index contributed by atoms with van der Waals surface area (Å²) in [6, 6.07) is 8.50. The number of ether oxygens (including phenoxy) is 1. The second kappa shape index (κ2) is 3.62. The summed E-state index contributed by atoms with van der Waals surface area (Å²) in [4.78, 5) is 5.92. The Morgan fingerprint density at radius 1 is 1.22 bits per heavy atom. The first kappa shape index (κ1) is 10.2. The van der Waals surface area contributed by atoms with Gasteiger partial charge in [0.25, 0.3) is 0 Å². The average Bonchev–Trinajstić information content (AvgIpc) is 2.78. The molecule has 2 aliphatic rings. The van der Waals surface area contributed by atoms with Crippen LogP contribution in [0.25, 0.3) is 10.9 Å². The van der Waals surface area contributed by atoms with Gasteiger partial charge in [0.15, 0.2) is 6.23 Å². The van der Waals surface area contributed by atoms with E-state index in [1.807, 2.05) is 0 Å². The fourth-order valence-corrected chi connectivity index (χ4v) is 3.10. The Kier molecular flexibility index (Phi) is 2.06. The molecule has 1 fully saturated rings. The van der Waals surface area contributed by atoms with Crippen molar-refractivity contribution in [3.05, 3.63) is 47.9 Å². The van der Waals surface area contributed by atoms with Crippen molar-refractivity contribution in [2.75, 3.05) is 13.1 Å². The number of H-pyrrole nitrogens is 1. The average molecular weight is 240 g/mol. The van der Waals surface area contributed by atoms with E-state index in [4.69, 9.17) is 4.74 Å². The zero-order valence-corrected chi connectivity index (χ0v) is 10.3. The zero-order chi connectivity index (χ0) is 12.1. The van der Waals surface area contributed by atoms with Crippen molar-refractivity contribution < 1.29 is 4.74 Å². The minimum atomic E-state index is 0.0439. The van der Waals surface area contributed by atoms with Crippen LogP contribution in [0.15, 0.2) is 36.6 Å². The number of nitrogens with one attached hydrogen (secondary N) is 1. The second-order valence-electron chi connectivity index (χ2n) is 5.11. The van der Waals surface area contributed by atoms with Crippen LogP contribution in [0.1, 0.15) is 23.9 Å². The van der Waals surface area contributed by atoms with E-state index in [0.717, 1.165) is 31.7 Å². The van der Waals surface area contributed by atoms with Gasteiger partial charge in [-0.05, 0) is 18.1 Å². The lowest BCUT2D eigenvalue weighted by molar-refractivity contribution is -0.0663. The van der Waals surface area contributed by atoms with Gasteiger partial charge in [-0.15, -0.1) is 0 Å². The number of rotatable bonds is 0. The molecular formula is C15H16N2O. The molecular weight excluding hydrogens is 224 g/mol. The van der Waals surface area contributed by atoms with E-state index in [1.54, 1.807) is 0 Å². The highest BCUT2D eigenvalue weighted by atomic mass is 16.5. The van der Waals surface area contributed by atoms with E-state index in [0.29, 0.717) is 0 Å². The summed E-state index contributed by atoms with van der Waals surface area (Å²) >= 11 is 0. The predicted octanol–water partition coefficient (Wildman–Crippen LogP) is 2.96. The largest absolute Gasteiger partial charge is 0.474 e. The summed E-state index contributed by atoms with van der Waals surface area (Å²) in [5.74, 6) is 0.905. The summed E-state index contributed by atoms with van der Waals surface area (Å²) in [6.45, 7) is 6.10. The van der Waals surface area contributed by atoms with E-state index in [9.17, 15) is 0 Å². The third kappa shape index (κ3) is 1.34. The molecule has 0 bridgehead atoms. The van der Waals surface area contributed by atoms with Crippen LogP contribution in [-0.4, -0.2) is 23.0 Å². The van der Waals surface area contributed by atoms with Gasteiger partial charge in [0.2, 0.25) is 0 Å². The third-order valence-electron chi connectivity index (χ3n) is 4.03. The number of benzene rings is 1. The molecule has 2 aromatic rings. The third-order valence-corrected chi connectivity index (χ3v) is 4.03. The molecule has 1 N–H and O–H groups in total. The SMILES string of the molecule is C=C1CCN2CCc3c([nH]c4ccccc34)C2O1. The monoisotopic (exact) mass is 240 g/mol. The predicted molar refractivity (Wildman–Crippen MR) is 71.2 cm³/mol. The number of hydrogen-bond donors (Lipinski definition) is 1. The molecule has 3 heteroatoms. The van der Waals surface area contributed by atoms with Gasteiger partial charge < -0.3 is 9.72 Å². The van der Waals surface area contributed by atoms with Crippen molar-refractivity contribution in [3.8, 4) is 0 Å². The fraction of sp³-hybridized carbons (Fsp3) is 0.333. The Bertz CT molecular complexity index is 628. The minimum absolute atomic E-state index is 0.0439. The van der Waals surface area contributed by atoms with Crippen LogP contribution in [0, 0.1) is 0 Å². The van der Waals surface area contributed by atoms with Crippen LogP contribution in [0.3, 0.4) is 0 Å². The highest BCUT2D eigenvalue weighted by molar-refractivity contribution is 5.85. The van der Waals surface area contributed by atoms with Crippen molar-refractivity contribution in [2.24, 2.45) is 0 Å². The molecule has 4 rings (SSSR count). The molecule has 92 valence electrons. The van der Waals surface area contributed by atoms with E-state index in [-0.39, 0.29) is 6.23 Å². The molecule has 1 unspecified atom stereocenters. The van der Waals surface area contributed by atoms with Gasteiger partial charge in [-0.1, -0.05) is 24.8 Å². The van der Waals surface area contributed by atoms with Crippen LogP contribution in [-0.2, 0) is 11.2 Å². The van der Waals surface area contributed by atoms with E-state index in [2.05, 4.69) is 40.7 Å². The molecule has 1 atom stereocenters. The fourth-order valence-electron chi connectivity index (χ4n) is 3.10. The van der Waals surface area contributed by atoms with E-state index in [1.165, 1.54) is 22.2 Å². The standard InChI is InChI=1S/C15H16N2O/c1-10-6-8-17-9-7-12-11-4-2-3-5-13(11)16-14(12)15(17)18-10/h2-5,15-16H,1,6-9H2. The maximum Gasteiger partial charge on any atom is 0.193 e. The topological polar surface area (TPSA) is 28.3 Å². The molecule has 0 spiro atoms. The van der Waals surface area contributed by atoms with Gasteiger partial charge in [0, 0.05) is 30.4 Å². The van der Waals surface area contributed by atoms with Crippen LogP contribution in [0.2, 0.25) is 0 Å². The molecule has 2 aliphatic heterocycles. The zero-order valence-electron chi connectivity index (χ0n) is 10.3. The molecule has 18 heavy (non-hydrogen) atoms.